The van der Waals surface area contributed by atoms with Crippen LogP contribution >= 0.6 is 11.3 Å². The summed E-state index contributed by atoms with van der Waals surface area (Å²) in [6.07, 6.45) is 1.11. The Kier molecular flexibility index (Phi) is 4.43. The molecule has 0 radical (unpaired) electrons. The Morgan fingerprint density at radius 1 is 1.44 bits per heavy atom. The van der Waals surface area contributed by atoms with Crippen LogP contribution in [-0.2, 0) is 6.54 Å². The highest BCUT2D eigenvalue weighted by molar-refractivity contribution is 7.09. The number of aryl methyl sites for hydroxylation is 1. The van der Waals surface area contributed by atoms with Crippen molar-refractivity contribution in [2.24, 2.45) is 5.92 Å². The molecule has 4 rings (SSSR count). The van der Waals surface area contributed by atoms with Crippen LogP contribution in [0.1, 0.15) is 17.0 Å². The first kappa shape index (κ1) is 16.5. The molecule has 3 heterocycles. The lowest BCUT2D eigenvalue weighted by atomic mass is 10.1. The first-order valence-electron chi connectivity index (χ1n) is 8.47. The molecule has 0 spiro atoms. The van der Waals surface area contributed by atoms with Gasteiger partial charge in [-0.15, -0.1) is 11.3 Å². The summed E-state index contributed by atoms with van der Waals surface area (Å²) < 4.78 is 19.1. The first-order chi connectivity index (χ1) is 12.1. The van der Waals surface area contributed by atoms with Gasteiger partial charge in [-0.1, -0.05) is 0 Å². The van der Waals surface area contributed by atoms with E-state index in [-0.39, 0.29) is 5.82 Å². The van der Waals surface area contributed by atoms with Crippen molar-refractivity contribution in [2.45, 2.75) is 19.9 Å². The van der Waals surface area contributed by atoms with Gasteiger partial charge in [-0.25, -0.2) is 9.37 Å². The van der Waals surface area contributed by atoms with E-state index in [9.17, 15) is 4.39 Å². The Labute approximate surface area is 150 Å². The summed E-state index contributed by atoms with van der Waals surface area (Å²) in [5.41, 5.74) is 4.25. The zero-order valence-corrected chi connectivity index (χ0v) is 15.2. The zero-order valence-electron chi connectivity index (χ0n) is 14.4. The molecule has 132 valence electrons. The number of benzene rings is 1. The molecular formula is C18H21FN4OS. The highest BCUT2D eigenvalue weighted by Crippen LogP contribution is 2.28. The fraction of sp³-hybridized carbons (Fsp3) is 0.444. The molecule has 7 heteroatoms. The van der Waals surface area contributed by atoms with E-state index in [0.29, 0.717) is 23.0 Å². The van der Waals surface area contributed by atoms with Gasteiger partial charge in [0.2, 0.25) is 0 Å². The van der Waals surface area contributed by atoms with Gasteiger partial charge in [-0.2, -0.15) is 4.98 Å². The predicted molar refractivity (Wildman–Crippen MR) is 97.5 cm³/mol. The van der Waals surface area contributed by atoms with Crippen molar-refractivity contribution in [2.75, 3.05) is 31.6 Å². The summed E-state index contributed by atoms with van der Waals surface area (Å²) in [4.78, 5) is 14.6. The van der Waals surface area contributed by atoms with Gasteiger partial charge < -0.3 is 14.2 Å². The Bertz CT molecular complexity index is 877. The summed E-state index contributed by atoms with van der Waals surface area (Å²) in [6.45, 7) is 5.87. The van der Waals surface area contributed by atoms with Crippen molar-refractivity contribution in [3.05, 3.63) is 40.1 Å². The molecule has 2 aromatic heterocycles. The van der Waals surface area contributed by atoms with E-state index < -0.39 is 0 Å². The smallest absolute Gasteiger partial charge is 0.298 e. The molecule has 1 saturated heterocycles. The number of oxazole rings is 1. The minimum absolute atomic E-state index is 0.286. The molecule has 1 aromatic carbocycles. The van der Waals surface area contributed by atoms with Crippen molar-refractivity contribution in [3.8, 4) is 0 Å². The van der Waals surface area contributed by atoms with Crippen LogP contribution in [0.5, 0.6) is 0 Å². The van der Waals surface area contributed by atoms with E-state index in [0.717, 1.165) is 38.3 Å². The van der Waals surface area contributed by atoms with Gasteiger partial charge >= 0.3 is 0 Å². The fourth-order valence-corrected chi connectivity index (χ4v) is 4.26. The average molecular weight is 360 g/mol. The SMILES string of the molecule is Cc1ncsc1CN(C)C[C@H]1CCN(c2nc3cc(F)ccc3o2)C1. The fourth-order valence-electron chi connectivity index (χ4n) is 3.41. The van der Waals surface area contributed by atoms with E-state index in [1.807, 2.05) is 5.51 Å². The quantitative estimate of drug-likeness (QED) is 0.694. The average Bonchev–Trinajstić information content (AvgIpc) is 3.27. The molecule has 0 N–H and O–H groups in total. The predicted octanol–water partition coefficient (Wildman–Crippen LogP) is 3.69. The standard InChI is InChI=1S/C18H21FN4OS/c1-12-17(25-11-20-12)10-22(2)8-13-5-6-23(9-13)18-21-15-7-14(19)3-4-16(15)24-18/h3-4,7,11,13H,5-6,8-10H2,1-2H3/t13-/m1/s1. The van der Waals surface area contributed by atoms with Crippen LogP contribution < -0.4 is 4.90 Å². The molecule has 5 nitrogen and oxygen atoms in total. The van der Waals surface area contributed by atoms with E-state index in [2.05, 4.69) is 33.7 Å². The van der Waals surface area contributed by atoms with Crippen LogP contribution in [0, 0.1) is 18.7 Å². The summed E-state index contributed by atoms with van der Waals surface area (Å²) in [5.74, 6) is 0.289. The summed E-state index contributed by atoms with van der Waals surface area (Å²) in [5, 5.41) is 0. The van der Waals surface area contributed by atoms with Crippen LogP contribution in [0.15, 0.2) is 28.1 Å². The van der Waals surface area contributed by atoms with Crippen molar-refractivity contribution in [1.82, 2.24) is 14.9 Å². The molecular weight excluding hydrogens is 339 g/mol. The third-order valence-corrected chi connectivity index (χ3v) is 5.64. The molecule has 0 bridgehead atoms. The van der Waals surface area contributed by atoms with Crippen LogP contribution in [0.2, 0.25) is 0 Å². The monoisotopic (exact) mass is 360 g/mol. The molecule has 0 saturated carbocycles. The van der Waals surface area contributed by atoms with Crippen molar-refractivity contribution in [3.63, 3.8) is 0 Å². The van der Waals surface area contributed by atoms with Gasteiger partial charge in [0.25, 0.3) is 6.01 Å². The largest absolute Gasteiger partial charge is 0.423 e. The zero-order chi connectivity index (χ0) is 17.4. The Morgan fingerprint density at radius 3 is 3.12 bits per heavy atom. The molecule has 1 aliphatic rings. The molecule has 1 aliphatic heterocycles. The van der Waals surface area contributed by atoms with E-state index >= 15 is 0 Å². The number of thiazole rings is 1. The number of anilines is 1. The molecule has 0 amide bonds. The lowest BCUT2D eigenvalue weighted by molar-refractivity contribution is 0.280. The van der Waals surface area contributed by atoms with Crippen LogP contribution in [0.4, 0.5) is 10.4 Å². The topological polar surface area (TPSA) is 45.4 Å². The highest BCUT2D eigenvalue weighted by Gasteiger charge is 2.27. The van der Waals surface area contributed by atoms with Crippen LogP contribution in [0.25, 0.3) is 11.1 Å². The Balaban J connectivity index is 1.38. The maximum Gasteiger partial charge on any atom is 0.298 e. The lowest BCUT2D eigenvalue weighted by Gasteiger charge is -2.20. The van der Waals surface area contributed by atoms with Gasteiger partial charge in [-0.3, -0.25) is 0 Å². The number of rotatable bonds is 5. The van der Waals surface area contributed by atoms with Crippen molar-refractivity contribution in [1.29, 1.82) is 0 Å². The van der Waals surface area contributed by atoms with Gasteiger partial charge in [0.05, 0.1) is 11.2 Å². The number of fused-ring (bicyclic) bond motifs is 1. The minimum atomic E-state index is -0.286. The minimum Gasteiger partial charge on any atom is -0.423 e. The van der Waals surface area contributed by atoms with E-state index in [1.54, 1.807) is 17.4 Å². The van der Waals surface area contributed by atoms with Gasteiger partial charge in [0, 0.05) is 37.1 Å². The first-order valence-corrected chi connectivity index (χ1v) is 9.35. The second-order valence-electron chi connectivity index (χ2n) is 6.77. The van der Waals surface area contributed by atoms with E-state index in [4.69, 9.17) is 4.42 Å². The summed E-state index contributed by atoms with van der Waals surface area (Å²) in [7, 11) is 2.16. The van der Waals surface area contributed by atoms with Crippen LogP contribution in [-0.4, -0.2) is 41.5 Å². The molecule has 1 atom stereocenters. The molecule has 3 aromatic rings. The summed E-state index contributed by atoms with van der Waals surface area (Å²) in [6, 6.07) is 5.06. The Morgan fingerprint density at radius 2 is 2.32 bits per heavy atom. The maximum atomic E-state index is 13.3. The maximum absolute atomic E-state index is 13.3. The highest BCUT2D eigenvalue weighted by atomic mass is 32.1. The van der Waals surface area contributed by atoms with Crippen LogP contribution in [0.3, 0.4) is 0 Å². The number of halogens is 1. The third-order valence-electron chi connectivity index (χ3n) is 4.72. The summed E-state index contributed by atoms with van der Waals surface area (Å²) >= 11 is 1.72. The van der Waals surface area contributed by atoms with Gasteiger partial charge in [0.1, 0.15) is 11.3 Å². The second-order valence-corrected chi connectivity index (χ2v) is 7.71. The lowest BCUT2D eigenvalue weighted by Crippen LogP contribution is -2.28. The molecule has 1 fully saturated rings. The third kappa shape index (κ3) is 3.52. The number of hydrogen-bond acceptors (Lipinski definition) is 6. The van der Waals surface area contributed by atoms with E-state index in [1.165, 1.54) is 17.0 Å². The number of nitrogens with zero attached hydrogens (tertiary/aromatic N) is 4. The molecule has 25 heavy (non-hydrogen) atoms. The van der Waals surface area contributed by atoms with Crippen molar-refractivity contribution >= 4 is 28.5 Å². The number of hydrogen-bond donors (Lipinski definition) is 0. The van der Waals surface area contributed by atoms with Gasteiger partial charge in [0.15, 0.2) is 5.58 Å². The number of aromatic nitrogens is 2. The molecule has 0 aliphatic carbocycles. The molecule has 0 unspecified atom stereocenters. The van der Waals surface area contributed by atoms with Crippen molar-refractivity contribution < 1.29 is 8.81 Å². The second kappa shape index (κ2) is 6.72. The normalized spacial score (nSPS) is 17.9. The Hall–Kier alpha value is -1.99. The van der Waals surface area contributed by atoms with Gasteiger partial charge in [-0.05, 0) is 38.4 Å².